The zero-order chi connectivity index (χ0) is 16.5. The molecule has 7 heteroatoms. The Labute approximate surface area is 142 Å². The van der Waals surface area contributed by atoms with Gasteiger partial charge in [-0.1, -0.05) is 11.2 Å². The highest BCUT2D eigenvalue weighted by molar-refractivity contribution is 7.13. The zero-order valence-corrected chi connectivity index (χ0v) is 13.8. The number of aromatic nitrogens is 2. The fraction of sp³-hybridized carbons (Fsp3) is 0.235. The Morgan fingerprint density at radius 2 is 2.12 bits per heavy atom. The molecule has 3 heterocycles. The molecule has 4 rings (SSSR count). The van der Waals surface area contributed by atoms with Gasteiger partial charge in [-0.25, -0.2) is 0 Å². The lowest BCUT2D eigenvalue weighted by molar-refractivity contribution is -0.117. The third-order valence-corrected chi connectivity index (χ3v) is 4.91. The third-order valence-electron chi connectivity index (χ3n) is 4.05. The number of rotatable bonds is 4. The summed E-state index contributed by atoms with van der Waals surface area (Å²) in [4.78, 5) is 19.5. The number of nitrogens with zero attached hydrogens (tertiary/aromatic N) is 3. The van der Waals surface area contributed by atoms with Gasteiger partial charge in [-0.3, -0.25) is 4.79 Å². The van der Waals surface area contributed by atoms with Crippen molar-refractivity contribution in [3.63, 3.8) is 0 Å². The number of ether oxygens (including phenoxy) is 1. The lowest BCUT2D eigenvalue weighted by Crippen LogP contribution is -2.24. The number of thiophene rings is 1. The van der Waals surface area contributed by atoms with Crippen molar-refractivity contribution in [3.8, 4) is 16.5 Å². The topological polar surface area (TPSA) is 68.5 Å². The van der Waals surface area contributed by atoms with Gasteiger partial charge in [0.15, 0.2) is 5.82 Å². The lowest BCUT2D eigenvalue weighted by atomic mass is 10.1. The normalized spacial score (nSPS) is 17.5. The van der Waals surface area contributed by atoms with Crippen LogP contribution in [0, 0.1) is 0 Å². The molecule has 0 saturated carbocycles. The van der Waals surface area contributed by atoms with E-state index in [1.165, 1.54) is 0 Å². The largest absolute Gasteiger partial charge is 0.497 e. The maximum atomic E-state index is 12.4. The molecular formula is C17H15N3O3S. The highest BCUT2D eigenvalue weighted by Crippen LogP contribution is 2.32. The monoisotopic (exact) mass is 341 g/mol. The summed E-state index contributed by atoms with van der Waals surface area (Å²) in [5, 5.41) is 6.03. The summed E-state index contributed by atoms with van der Waals surface area (Å²) in [5.74, 6) is 1.86. The summed E-state index contributed by atoms with van der Waals surface area (Å²) in [6.45, 7) is 0.550. The van der Waals surface area contributed by atoms with Crippen LogP contribution in [0.15, 0.2) is 46.3 Å². The number of methoxy groups -OCH3 is 1. The Hall–Kier alpha value is -2.67. The summed E-state index contributed by atoms with van der Waals surface area (Å²) in [5.41, 5.74) is 0.852. The first-order valence-electron chi connectivity index (χ1n) is 7.56. The van der Waals surface area contributed by atoms with Crippen molar-refractivity contribution in [3.05, 3.63) is 47.6 Å². The van der Waals surface area contributed by atoms with E-state index in [9.17, 15) is 4.79 Å². The van der Waals surface area contributed by atoms with Gasteiger partial charge >= 0.3 is 0 Å². The van der Waals surface area contributed by atoms with Crippen LogP contribution >= 0.6 is 11.3 Å². The Balaban J connectivity index is 1.53. The quantitative estimate of drug-likeness (QED) is 0.728. The SMILES string of the molecule is COc1ccc(N2CC(c3noc(-c4cccs4)n3)CC2=O)cc1. The van der Waals surface area contributed by atoms with E-state index in [2.05, 4.69) is 10.1 Å². The summed E-state index contributed by atoms with van der Waals surface area (Å²) in [6.07, 6.45) is 0.384. The second-order valence-corrected chi connectivity index (χ2v) is 6.49. The van der Waals surface area contributed by atoms with Crippen LogP contribution in [0.4, 0.5) is 5.69 Å². The van der Waals surface area contributed by atoms with Crippen molar-refractivity contribution in [2.45, 2.75) is 12.3 Å². The van der Waals surface area contributed by atoms with Gasteiger partial charge in [-0.05, 0) is 35.7 Å². The molecule has 122 valence electrons. The smallest absolute Gasteiger partial charge is 0.267 e. The van der Waals surface area contributed by atoms with Crippen LogP contribution in [-0.4, -0.2) is 29.7 Å². The van der Waals surface area contributed by atoms with Crippen molar-refractivity contribution in [1.82, 2.24) is 10.1 Å². The Bertz CT molecular complexity index is 842. The van der Waals surface area contributed by atoms with Crippen molar-refractivity contribution < 1.29 is 14.1 Å². The standard InChI is InChI=1S/C17H15N3O3S/c1-22-13-6-4-12(5-7-13)20-10-11(9-15(20)21)16-18-17(23-19-16)14-3-2-8-24-14/h2-8,11H,9-10H2,1H3. The van der Waals surface area contributed by atoms with E-state index < -0.39 is 0 Å². The average Bonchev–Trinajstić information content (AvgIpc) is 3.34. The second-order valence-electron chi connectivity index (χ2n) is 5.54. The van der Waals surface area contributed by atoms with E-state index in [0.29, 0.717) is 24.7 Å². The van der Waals surface area contributed by atoms with Crippen LogP contribution in [-0.2, 0) is 4.79 Å². The molecular weight excluding hydrogens is 326 g/mol. The molecule has 1 aliphatic rings. The lowest BCUT2D eigenvalue weighted by Gasteiger charge is -2.16. The first-order valence-corrected chi connectivity index (χ1v) is 8.44. The van der Waals surface area contributed by atoms with Crippen LogP contribution in [0.5, 0.6) is 5.75 Å². The predicted octanol–water partition coefficient (Wildman–Crippen LogP) is 3.33. The highest BCUT2D eigenvalue weighted by atomic mass is 32.1. The van der Waals surface area contributed by atoms with Crippen LogP contribution in [0.1, 0.15) is 18.2 Å². The van der Waals surface area contributed by atoms with Gasteiger partial charge in [-0.2, -0.15) is 4.98 Å². The van der Waals surface area contributed by atoms with Gasteiger partial charge in [0.2, 0.25) is 5.91 Å². The molecule has 24 heavy (non-hydrogen) atoms. The molecule has 0 N–H and O–H groups in total. The molecule has 0 spiro atoms. The summed E-state index contributed by atoms with van der Waals surface area (Å²) in [6, 6.07) is 11.3. The number of hydrogen-bond acceptors (Lipinski definition) is 6. The third kappa shape index (κ3) is 2.67. The fourth-order valence-corrected chi connectivity index (χ4v) is 3.44. The average molecular weight is 341 g/mol. The predicted molar refractivity (Wildman–Crippen MR) is 90.3 cm³/mol. The van der Waals surface area contributed by atoms with Crippen molar-refractivity contribution in [2.75, 3.05) is 18.6 Å². The molecule has 0 bridgehead atoms. The Kier molecular flexibility index (Phi) is 3.78. The molecule has 1 saturated heterocycles. The van der Waals surface area contributed by atoms with Gasteiger partial charge < -0.3 is 14.2 Å². The molecule has 0 aliphatic carbocycles. The van der Waals surface area contributed by atoms with Gasteiger partial charge in [0, 0.05) is 24.6 Å². The number of benzene rings is 1. The van der Waals surface area contributed by atoms with E-state index in [1.54, 1.807) is 23.3 Å². The maximum absolute atomic E-state index is 12.4. The number of amides is 1. The van der Waals surface area contributed by atoms with Crippen LogP contribution in [0.25, 0.3) is 10.8 Å². The van der Waals surface area contributed by atoms with Gasteiger partial charge in [0.25, 0.3) is 5.89 Å². The summed E-state index contributed by atoms with van der Waals surface area (Å²) in [7, 11) is 1.62. The molecule has 1 unspecified atom stereocenters. The van der Waals surface area contributed by atoms with E-state index in [-0.39, 0.29) is 11.8 Å². The molecule has 1 fully saturated rings. The Morgan fingerprint density at radius 1 is 1.29 bits per heavy atom. The number of hydrogen-bond donors (Lipinski definition) is 0. The second kappa shape index (κ2) is 6.09. The van der Waals surface area contributed by atoms with Crippen molar-refractivity contribution in [1.29, 1.82) is 0 Å². The van der Waals surface area contributed by atoms with Crippen LogP contribution in [0.2, 0.25) is 0 Å². The molecule has 1 aromatic carbocycles. The molecule has 0 radical (unpaired) electrons. The molecule has 1 amide bonds. The molecule has 1 aliphatic heterocycles. The minimum atomic E-state index is -0.0583. The van der Waals surface area contributed by atoms with E-state index in [4.69, 9.17) is 9.26 Å². The van der Waals surface area contributed by atoms with Crippen LogP contribution < -0.4 is 9.64 Å². The molecule has 6 nitrogen and oxygen atoms in total. The molecule has 1 atom stereocenters. The highest BCUT2D eigenvalue weighted by Gasteiger charge is 2.34. The summed E-state index contributed by atoms with van der Waals surface area (Å²) < 4.78 is 10.5. The van der Waals surface area contributed by atoms with Crippen molar-refractivity contribution >= 4 is 22.9 Å². The maximum Gasteiger partial charge on any atom is 0.267 e. The van der Waals surface area contributed by atoms with E-state index >= 15 is 0 Å². The van der Waals surface area contributed by atoms with Gasteiger partial charge in [0.1, 0.15) is 5.75 Å². The minimum Gasteiger partial charge on any atom is -0.497 e. The van der Waals surface area contributed by atoms with E-state index in [0.717, 1.165) is 16.3 Å². The van der Waals surface area contributed by atoms with Gasteiger partial charge in [-0.15, -0.1) is 11.3 Å². The zero-order valence-electron chi connectivity index (χ0n) is 13.0. The molecule has 2 aromatic heterocycles. The fourth-order valence-electron chi connectivity index (χ4n) is 2.79. The van der Waals surface area contributed by atoms with E-state index in [1.807, 2.05) is 41.8 Å². The van der Waals surface area contributed by atoms with Crippen LogP contribution in [0.3, 0.4) is 0 Å². The minimum absolute atomic E-state index is 0.0583. The number of carbonyl (C=O) groups excluding carboxylic acids is 1. The first kappa shape index (κ1) is 14.9. The number of anilines is 1. The van der Waals surface area contributed by atoms with Gasteiger partial charge in [0.05, 0.1) is 12.0 Å². The van der Waals surface area contributed by atoms with Crippen molar-refractivity contribution in [2.24, 2.45) is 0 Å². The molecule has 3 aromatic rings. The number of carbonyl (C=O) groups is 1. The Morgan fingerprint density at radius 3 is 2.83 bits per heavy atom. The first-order chi connectivity index (χ1) is 11.7. The summed E-state index contributed by atoms with van der Waals surface area (Å²) >= 11 is 1.55.